The Hall–Kier alpha value is -2.83. The minimum absolute atomic E-state index is 0.133. The Morgan fingerprint density at radius 3 is 2.48 bits per heavy atom. The molecular formula is C26H28ClNO4S. The third-order valence-corrected chi connectivity index (χ3v) is 6.52. The van der Waals surface area contributed by atoms with Gasteiger partial charge in [0.15, 0.2) is 0 Å². The summed E-state index contributed by atoms with van der Waals surface area (Å²) in [5.41, 5.74) is 1.90. The lowest BCUT2D eigenvalue weighted by molar-refractivity contribution is -0.115. The number of carbonyl (C=O) groups excluding carboxylic acids is 2. The number of unbranched alkanes of at least 4 members (excludes halogenated alkanes) is 3. The van der Waals surface area contributed by atoms with E-state index < -0.39 is 5.97 Å². The lowest BCUT2D eigenvalue weighted by Crippen LogP contribution is -2.16. The maximum absolute atomic E-state index is 12.8. The first kappa shape index (κ1) is 24.8. The minimum atomic E-state index is -0.489. The second-order valence-electron chi connectivity index (χ2n) is 7.65. The largest absolute Gasteiger partial charge is 0.465 e. The van der Waals surface area contributed by atoms with E-state index in [0.29, 0.717) is 27.1 Å². The third kappa shape index (κ3) is 7.07. The third-order valence-electron chi connectivity index (χ3n) is 5.12. The fraction of sp³-hybridized carbons (Fsp3) is 0.308. The summed E-state index contributed by atoms with van der Waals surface area (Å²) in [6.07, 6.45) is 5.05. The zero-order valence-corrected chi connectivity index (χ0v) is 20.4. The number of benzene rings is 2. The number of thiophene rings is 1. The van der Waals surface area contributed by atoms with Gasteiger partial charge in [-0.1, -0.05) is 68.1 Å². The number of nitrogens with one attached hydrogen (secondary N) is 1. The molecule has 0 unspecified atom stereocenters. The standard InChI is InChI=1S/C26H28ClNO4S/c1-3-4-5-9-15-21-23(26(30)31-2)25(33-24(21)27)28-22(29)17-18-11-10-14-20(16-18)32-19-12-7-6-8-13-19/h6-8,10-14,16H,3-5,9,15,17H2,1-2H3,(H,28,29). The number of rotatable bonds is 11. The number of anilines is 1. The maximum atomic E-state index is 12.8. The first-order valence-electron chi connectivity index (χ1n) is 11.0. The molecule has 7 heteroatoms. The van der Waals surface area contributed by atoms with Gasteiger partial charge >= 0.3 is 5.97 Å². The van der Waals surface area contributed by atoms with Crippen LogP contribution in [0.25, 0.3) is 0 Å². The Balaban J connectivity index is 1.71. The highest BCUT2D eigenvalue weighted by Gasteiger charge is 2.24. The summed E-state index contributed by atoms with van der Waals surface area (Å²) in [5.74, 6) is 0.640. The van der Waals surface area contributed by atoms with Gasteiger partial charge in [0, 0.05) is 0 Å². The number of ether oxygens (including phenoxy) is 2. The van der Waals surface area contributed by atoms with Crippen LogP contribution in [-0.4, -0.2) is 19.0 Å². The van der Waals surface area contributed by atoms with Crippen LogP contribution in [0.3, 0.4) is 0 Å². The molecule has 0 bridgehead atoms. The van der Waals surface area contributed by atoms with Crippen LogP contribution in [0.2, 0.25) is 4.34 Å². The molecule has 3 rings (SSSR count). The van der Waals surface area contributed by atoms with Crippen LogP contribution in [0.1, 0.15) is 54.1 Å². The lowest BCUT2D eigenvalue weighted by atomic mass is 10.0. The van der Waals surface area contributed by atoms with E-state index in [1.54, 1.807) is 0 Å². The molecule has 0 radical (unpaired) electrons. The molecule has 0 spiro atoms. The number of methoxy groups -OCH3 is 1. The van der Waals surface area contributed by atoms with Crippen LogP contribution in [0, 0.1) is 0 Å². The molecule has 3 aromatic rings. The first-order valence-corrected chi connectivity index (χ1v) is 12.2. The zero-order chi connectivity index (χ0) is 23.6. The quantitative estimate of drug-likeness (QED) is 0.229. The van der Waals surface area contributed by atoms with E-state index in [0.717, 1.165) is 42.6 Å². The van der Waals surface area contributed by atoms with Crippen molar-refractivity contribution in [1.29, 1.82) is 0 Å². The Bertz CT molecular complexity index is 1080. The Kier molecular flexibility index (Phi) is 9.34. The van der Waals surface area contributed by atoms with Gasteiger partial charge in [-0.15, -0.1) is 11.3 Å². The van der Waals surface area contributed by atoms with Crippen LogP contribution in [0.15, 0.2) is 54.6 Å². The van der Waals surface area contributed by atoms with E-state index in [1.165, 1.54) is 18.4 Å². The number of hydrogen-bond donors (Lipinski definition) is 1. The van der Waals surface area contributed by atoms with Gasteiger partial charge < -0.3 is 14.8 Å². The van der Waals surface area contributed by atoms with Crippen molar-refractivity contribution in [2.45, 2.75) is 45.4 Å². The summed E-state index contributed by atoms with van der Waals surface area (Å²) < 4.78 is 11.3. The molecule has 1 aromatic heterocycles. The SMILES string of the molecule is CCCCCCc1c(Cl)sc(NC(=O)Cc2cccc(Oc3ccccc3)c2)c1C(=O)OC. The molecule has 0 atom stereocenters. The van der Waals surface area contributed by atoms with Crippen molar-refractivity contribution in [3.8, 4) is 11.5 Å². The number of para-hydroxylation sites is 1. The van der Waals surface area contributed by atoms with Crippen LogP contribution < -0.4 is 10.1 Å². The van der Waals surface area contributed by atoms with Crippen molar-refractivity contribution in [2.24, 2.45) is 0 Å². The highest BCUT2D eigenvalue weighted by atomic mass is 35.5. The van der Waals surface area contributed by atoms with E-state index in [-0.39, 0.29) is 12.3 Å². The number of amides is 1. The van der Waals surface area contributed by atoms with Gasteiger partial charge in [-0.05, 0) is 48.2 Å². The zero-order valence-electron chi connectivity index (χ0n) is 18.9. The van der Waals surface area contributed by atoms with Crippen molar-refractivity contribution in [2.75, 3.05) is 12.4 Å². The Morgan fingerprint density at radius 2 is 1.76 bits per heavy atom. The maximum Gasteiger partial charge on any atom is 0.341 e. The molecule has 174 valence electrons. The van der Waals surface area contributed by atoms with E-state index >= 15 is 0 Å². The van der Waals surface area contributed by atoms with Gasteiger partial charge in [-0.25, -0.2) is 4.79 Å². The fourth-order valence-corrected chi connectivity index (χ4v) is 4.90. The van der Waals surface area contributed by atoms with Gasteiger partial charge in [0.2, 0.25) is 5.91 Å². The second-order valence-corrected chi connectivity index (χ2v) is 9.27. The smallest absolute Gasteiger partial charge is 0.341 e. The monoisotopic (exact) mass is 485 g/mol. The molecule has 1 N–H and O–H groups in total. The van der Waals surface area contributed by atoms with Crippen LogP contribution in [-0.2, 0) is 22.4 Å². The van der Waals surface area contributed by atoms with Crippen molar-refractivity contribution in [3.63, 3.8) is 0 Å². The van der Waals surface area contributed by atoms with Crippen molar-refractivity contribution in [3.05, 3.63) is 75.6 Å². The summed E-state index contributed by atoms with van der Waals surface area (Å²) in [5, 5.41) is 3.29. The molecule has 1 heterocycles. The minimum Gasteiger partial charge on any atom is -0.465 e. The number of halogens is 1. The molecular weight excluding hydrogens is 458 g/mol. The molecule has 0 saturated heterocycles. The summed E-state index contributed by atoms with van der Waals surface area (Å²) in [6, 6.07) is 16.8. The average molecular weight is 486 g/mol. The summed E-state index contributed by atoms with van der Waals surface area (Å²) in [4.78, 5) is 25.3. The molecule has 0 aliphatic carbocycles. The molecule has 1 amide bonds. The molecule has 0 fully saturated rings. The van der Waals surface area contributed by atoms with Gasteiger partial charge in [-0.2, -0.15) is 0 Å². The van der Waals surface area contributed by atoms with Crippen LogP contribution in [0.5, 0.6) is 11.5 Å². The van der Waals surface area contributed by atoms with Gasteiger partial charge in [-0.3, -0.25) is 4.79 Å². The van der Waals surface area contributed by atoms with E-state index in [1.807, 2.05) is 54.6 Å². The predicted octanol–water partition coefficient (Wildman–Crippen LogP) is 7.28. The average Bonchev–Trinajstić information content (AvgIpc) is 3.11. The molecule has 0 saturated carbocycles. The van der Waals surface area contributed by atoms with Crippen molar-refractivity contribution in [1.82, 2.24) is 0 Å². The summed E-state index contributed by atoms with van der Waals surface area (Å²) in [6.45, 7) is 2.15. The molecule has 0 aliphatic heterocycles. The lowest BCUT2D eigenvalue weighted by Gasteiger charge is -2.09. The van der Waals surface area contributed by atoms with Crippen LogP contribution >= 0.6 is 22.9 Å². The first-order chi connectivity index (χ1) is 16.0. The second kappa shape index (κ2) is 12.4. The highest BCUT2D eigenvalue weighted by Crippen LogP contribution is 2.39. The van der Waals surface area contributed by atoms with Gasteiger partial charge in [0.05, 0.1) is 23.4 Å². The van der Waals surface area contributed by atoms with Crippen molar-refractivity contribution < 1.29 is 19.1 Å². The number of hydrogen-bond acceptors (Lipinski definition) is 5. The topological polar surface area (TPSA) is 64.6 Å². The molecule has 0 aliphatic rings. The van der Waals surface area contributed by atoms with E-state index in [9.17, 15) is 9.59 Å². The summed E-state index contributed by atoms with van der Waals surface area (Å²) >= 11 is 7.65. The Morgan fingerprint density at radius 1 is 1.00 bits per heavy atom. The van der Waals surface area contributed by atoms with Gasteiger partial charge in [0.25, 0.3) is 0 Å². The molecule has 2 aromatic carbocycles. The Labute approximate surface area is 203 Å². The van der Waals surface area contributed by atoms with Gasteiger partial charge in [0.1, 0.15) is 16.5 Å². The normalized spacial score (nSPS) is 10.6. The fourth-order valence-electron chi connectivity index (χ4n) is 3.50. The summed E-state index contributed by atoms with van der Waals surface area (Å²) in [7, 11) is 1.33. The van der Waals surface area contributed by atoms with Crippen molar-refractivity contribution >= 4 is 39.8 Å². The highest BCUT2D eigenvalue weighted by molar-refractivity contribution is 7.20. The molecule has 5 nitrogen and oxygen atoms in total. The van der Waals surface area contributed by atoms with Crippen LogP contribution in [0.4, 0.5) is 5.00 Å². The number of esters is 1. The predicted molar refractivity (Wildman–Crippen MR) is 134 cm³/mol. The van der Waals surface area contributed by atoms with E-state index in [2.05, 4.69) is 12.2 Å². The molecule has 33 heavy (non-hydrogen) atoms. The van der Waals surface area contributed by atoms with E-state index in [4.69, 9.17) is 21.1 Å². The number of carbonyl (C=O) groups is 2.